The topological polar surface area (TPSA) is 92.7 Å². The Balaban J connectivity index is 2.12. The van der Waals surface area contributed by atoms with Gasteiger partial charge in [-0.15, -0.1) is 0 Å². The molecule has 1 aliphatic rings. The number of aliphatic carboxylic acids is 1. The molecule has 6 nitrogen and oxygen atoms in total. The van der Waals surface area contributed by atoms with Crippen LogP contribution in [0.25, 0.3) is 0 Å². The fourth-order valence-electron chi connectivity index (χ4n) is 2.74. The minimum absolute atomic E-state index is 0.121. The molecule has 1 fully saturated rings. The van der Waals surface area contributed by atoms with Crippen LogP contribution in [-0.2, 0) is 14.8 Å². The molecule has 1 aromatic rings. The van der Waals surface area contributed by atoms with E-state index in [1.807, 2.05) is 6.92 Å². The smallest absolute Gasteiger partial charge is 0.306 e. The Morgan fingerprint density at radius 1 is 1.27 bits per heavy atom. The lowest BCUT2D eigenvalue weighted by Gasteiger charge is -2.26. The normalized spacial score (nSPS) is 22.3. The molecule has 1 aromatic carbocycles. The Morgan fingerprint density at radius 3 is 2.45 bits per heavy atom. The maximum atomic E-state index is 12.5. The number of hydrogen-bond donors (Lipinski definition) is 2. The van der Waals surface area contributed by atoms with Crippen LogP contribution < -0.4 is 9.46 Å². The molecule has 0 unspecified atom stereocenters. The Kier molecular flexibility index (Phi) is 5.08. The van der Waals surface area contributed by atoms with Crippen LogP contribution in [0.4, 0.5) is 0 Å². The second kappa shape index (κ2) is 6.66. The Bertz CT molecular complexity index is 648. The monoisotopic (exact) mass is 327 g/mol. The van der Waals surface area contributed by atoms with Gasteiger partial charge in [-0.3, -0.25) is 4.79 Å². The van der Waals surface area contributed by atoms with E-state index in [-0.39, 0.29) is 16.9 Å². The standard InChI is InChI=1S/C15H21NO5S/c1-10-3-8-13(21-2)14(9-10)22(19,20)16-12-6-4-11(5-7-12)15(17)18/h3,8-9,11-12,16H,4-7H2,1-2H3,(H,17,18). The van der Waals surface area contributed by atoms with E-state index in [9.17, 15) is 13.2 Å². The Morgan fingerprint density at radius 2 is 1.91 bits per heavy atom. The first-order valence-corrected chi connectivity index (χ1v) is 8.71. The van der Waals surface area contributed by atoms with Crippen molar-refractivity contribution in [3.05, 3.63) is 23.8 Å². The summed E-state index contributed by atoms with van der Waals surface area (Å²) in [6, 6.07) is 4.76. The number of benzene rings is 1. The van der Waals surface area contributed by atoms with Gasteiger partial charge in [0.05, 0.1) is 13.0 Å². The Hall–Kier alpha value is -1.60. The molecule has 0 atom stereocenters. The highest BCUT2D eigenvalue weighted by atomic mass is 32.2. The summed E-state index contributed by atoms with van der Waals surface area (Å²) in [5.74, 6) is -0.867. The minimum atomic E-state index is -3.69. The molecule has 122 valence electrons. The van der Waals surface area contributed by atoms with Crippen molar-refractivity contribution in [2.24, 2.45) is 5.92 Å². The maximum absolute atomic E-state index is 12.5. The lowest BCUT2D eigenvalue weighted by atomic mass is 9.87. The van der Waals surface area contributed by atoms with E-state index in [0.717, 1.165) is 5.56 Å². The molecule has 0 heterocycles. The van der Waals surface area contributed by atoms with Crippen LogP contribution in [0, 0.1) is 12.8 Å². The molecule has 0 aliphatic heterocycles. The molecule has 22 heavy (non-hydrogen) atoms. The van der Waals surface area contributed by atoms with Crippen molar-refractivity contribution in [3.63, 3.8) is 0 Å². The third-order valence-electron chi connectivity index (χ3n) is 4.01. The molecule has 2 rings (SSSR count). The lowest BCUT2D eigenvalue weighted by Crippen LogP contribution is -2.38. The summed E-state index contributed by atoms with van der Waals surface area (Å²) in [5, 5.41) is 8.98. The SMILES string of the molecule is COc1ccc(C)cc1S(=O)(=O)NC1CCC(C(=O)O)CC1. The highest BCUT2D eigenvalue weighted by Gasteiger charge is 2.30. The van der Waals surface area contributed by atoms with Crippen molar-refractivity contribution in [1.29, 1.82) is 0 Å². The minimum Gasteiger partial charge on any atom is -0.495 e. The number of aryl methyl sites for hydroxylation is 1. The van der Waals surface area contributed by atoms with E-state index in [1.54, 1.807) is 18.2 Å². The zero-order chi connectivity index (χ0) is 16.3. The molecular weight excluding hydrogens is 306 g/mol. The van der Waals surface area contributed by atoms with Crippen molar-refractivity contribution < 1.29 is 23.1 Å². The number of carboxylic acids is 1. The third-order valence-corrected chi connectivity index (χ3v) is 5.55. The number of methoxy groups -OCH3 is 1. The number of nitrogens with one attached hydrogen (secondary N) is 1. The van der Waals surface area contributed by atoms with Crippen LogP contribution in [0.2, 0.25) is 0 Å². The fourth-order valence-corrected chi connectivity index (χ4v) is 4.29. The van der Waals surface area contributed by atoms with Gasteiger partial charge in [-0.2, -0.15) is 0 Å². The van der Waals surface area contributed by atoms with Crippen molar-refractivity contribution >= 4 is 16.0 Å². The van der Waals surface area contributed by atoms with E-state index in [1.165, 1.54) is 7.11 Å². The zero-order valence-corrected chi connectivity index (χ0v) is 13.5. The van der Waals surface area contributed by atoms with Crippen LogP contribution in [-0.4, -0.2) is 32.6 Å². The molecule has 1 saturated carbocycles. The summed E-state index contributed by atoms with van der Waals surface area (Å²) in [6.07, 6.45) is 2.05. The number of ether oxygens (including phenoxy) is 1. The second-order valence-corrected chi connectivity index (χ2v) is 7.34. The van der Waals surface area contributed by atoms with E-state index >= 15 is 0 Å². The van der Waals surface area contributed by atoms with Crippen LogP contribution in [0.5, 0.6) is 5.75 Å². The van der Waals surface area contributed by atoms with Crippen molar-refractivity contribution in [2.45, 2.75) is 43.5 Å². The number of rotatable bonds is 5. The predicted molar refractivity (Wildman–Crippen MR) is 81.4 cm³/mol. The van der Waals surface area contributed by atoms with E-state index in [0.29, 0.717) is 31.4 Å². The van der Waals surface area contributed by atoms with E-state index in [2.05, 4.69) is 4.72 Å². The molecule has 0 radical (unpaired) electrons. The van der Waals surface area contributed by atoms with Crippen LogP contribution in [0.1, 0.15) is 31.2 Å². The second-order valence-electron chi connectivity index (χ2n) is 5.66. The third kappa shape index (κ3) is 3.78. The van der Waals surface area contributed by atoms with Crippen molar-refractivity contribution in [2.75, 3.05) is 7.11 Å². The van der Waals surface area contributed by atoms with Gasteiger partial charge in [0.15, 0.2) is 0 Å². The summed E-state index contributed by atoms with van der Waals surface area (Å²) in [5.41, 5.74) is 0.829. The van der Waals surface area contributed by atoms with Crippen molar-refractivity contribution in [3.8, 4) is 5.75 Å². The number of sulfonamides is 1. The zero-order valence-electron chi connectivity index (χ0n) is 12.7. The molecule has 7 heteroatoms. The average molecular weight is 327 g/mol. The van der Waals surface area contributed by atoms with Crippen molar-refractivity contribution in [1.82, 2.24) is 4.72 Å². The Labute approximate surface area is 130 Å². The van der Waals surface area contributed by atoms with Gasteiger partial charge < -0.3 is 9.84 Å². The molecule has 0 aromatic heterocycles. The molecular formula is C15H21NO5S. The molecule has 0 bridgehead atoms. The summed E-state index contributed by atoms with van der Waals surface area (Å²) in [7, 11) is -2.25. The molecule has 0 spiro atoms. The van der Waals surface area contributed by atoms with Gasteiger partial charge in [-0.25, -0.2) is 13.1 Å². The van der Waals surface area contributed by atoms with Crippen LogP contribution >= 0.6 is 0 Å². The summed E-state index contributed by atoms with van der Waals surface area (Å²) in [4.78, 5) is 11.1. The van der Waals surface area contributed by atoms with Gasteiger partial charge in [-0.1, -0.05) is 6.07 Å². The summed E-state index contributed by atoms with van der Waals surface area (Å²) in [6.45, 7) is 1.82. The van der Waals surface area contributed by atoms with E-state index < -0.39 is 16.0 Å². The van der Waals surface area contributed by atoms with Gasteiger partial charge >= 0.3 is 5.97 Å². The highest BCUT2D eigenvalue weighted by Crippen LogP contribution is 2.28. The first kappa shape index (κ1) is 16.8. The molecule has 2 N–H and O–H groups in total. The first-order valence-electron chi connectivity index (χ1n) is 7.23. The molecule has 0 amide bonds. The van der Waals surface area contributed by atoms with Gasteiger partial charge in [0.2, 0.25) is 10.0 Å². The molecule has 1 aliphatic carbocycles. The van der Waals surface area contributed by atoms with Gasteiger partial charge in [0.1, 0.15) is 10.6 Å². The predicted octanol–water partition coefficient (Wildman–Crippen LogP) is 1.93. The number of carboxylic acid groups (broad SMARTS) is 1. The summed E-state index contributed by atoms with van der Waals surface area (Å²) < 4.78 is 32.9. The average Bonchev–Trinajstić information content (AvgIpc) is 2.47. The van der Waals surface area contributed by atoms with E-state index in [4.69, 9.17) is 9.84 Å². The van der Waals surface area contributed by atoms with Crippen LogP contribution in [0.3, 0.4) is 0 Å². The highest BCUT2D eigenvalue weighted by molar-refractivity contribution is 7.89. The quantitative estimate of drug-likeness (QED) is 0.862. The number of hydrogen-bond acceptors (Lipinski definition) is 4. The van der Waals surface area contributed by atoms with Crippen LogP contribution in [0.15, 0.2) is 23.1 Å². The molecule has 0 saturated heterocycles. The van der Waals surface area contributed by atoms with Gasteiger partial charge in [0, 0.05) is 6.04 Å². The summed E-state index contributed by atoms with van der Waals surface area (Å²) >= 11 is 0. The van der Waals surface area contributed by atoms with Gasteiger partial charge in [-0.05, 0) is 50.3 Å². The fraction of sp³-hybridized carbons (Fsp3) is 0.533. The van der Waals surface area contributed by atoms with Gasteiger partial charge in [0.25, 0.3) is 0 Å². The number of carbonyl (C=O) groups is 1. The first-order chi connectivity index (χ1) is 10.3. The lowest BCUT2D eigenvalue weighted by molar-refractivity contribution is -0.142. The largest absolute Gasteiger partial charge is 0.495 e. The maximum Gasteiger partial charge on any atom is 0.306 e.